The zero-order valence-corrected chi connectivity index (χ0v) is 13.9. The Kier molecular flexibility index (Phi) is 6.52. The summed E-state index contributed by atoms with van der Waals surface area (Å²) in [6, 6.07) is 7.05. The Morgan fingerprint density at radius 1 is 1.41 bits per heavy atom. The third-order valence-corrected chi connectivity index (χ3v) is 3.42. The highest BCUT2D eigenvalue weighted by Gasteiger charge is 2.13. The second-order valence-electron chi connectivity index (χ2n) is 5.10. The highest BCUT2D eigenvalue weighted by molar-refractivity contribution is 5.95. The molecule has 1 aromatic heterocycles. The van der Waals surface area contributed by atoms with E-state index in [1.54, 1.807) is 0 Å². The summed E-state index contributed by atoms with van der Waals surface area (Å²) in [7, 11) is 1.91. The van der Waals surface area contributed by atoms with E-state index in [9.17, 15) is 4.79 Å². The first-order valence-corrected chi connectivity index (χ1v) is 7.05. The fourth-order valence-electron chi connectivity index (χ4n) is 2.07. The maximum atomic E-state index is 12.0. The molecule has 0 aliphatic heterocycles. The number of nitrogens with two attached hydrogens (primary N) is 1. The van der Waals surface area contributed by atoms with E-state index < -0.39 is 6.04 Å². The largest absolute Gasteiger partial charge is 0.325 e. The summed E-state index contributed by atoms with van der Waals surface area (Å²) < 4.78 is 1.91. The zero-order valence-electron chi connectivity index (χ0n) is 13.0. The number of carbonyl (C=O) groups excluding carboxylic acids is 1. The highest BCUT2D eigenvalue weighted by Crippen LogP contribution is 2.21. The van der Waals surface area contributed by atoms with Gasteiger partial charge in [-0.05, 0) is 25.5 Å². The number of nitrogens with one attached hydrogen (secondary N) is 1. The SMILES string of the molecule is CCCC(N)C(=O)Nc1cccc(-c2nnc(C)n2C)c1.Cl. The number of benzene rings is 1. The summed E-state index contributed by atoms with van der Waals surface area (Å²) in [6.07, 6.45) is 1.56. The summed E-state index contributed by atoms with van der Waals surface area (Å²) in [5.41, 5.74) is 7.43. The summed E-state index contributed by atoms with van der Waals surface area (Å²) in [4.78, 5) is 12.0. The zero-order chi connectivity index (χ0) is 15.4. The predicted octanol–water partition coefficient (Wildman–Crippen LogP) is 2.28. The van der Waals surface area contributed by atoms with Crippen molar-refractivity contribution in [1.82, 2.24) is 14.8 Å². The minimum atomic E-state index is -0.476. The molecule has 0 spiro atoms. The van der Waals surface area contributed by atoms with Crippen LogP contribution in [0.15, 0.2) is 24.3 Å². The number of aryl methyl sites for hydroxylation is 1. The maximum Gasteiger partial charge on any atom is 0.241 e. The molecule has 0 aliphatic rings. The number of hydrogen-bond donors (Lipinski definition) is 2. The van der Waals surface area contributed by atoms with Crippen molar-refractivity contribution in [2.24, 2.45) is 12.8 Å². The fourth-order valence-corrected chi connectivity index (χ4v) is 2.07. The van der Waals surface area contributed by atoms with Gasteiger partial charge in [0.2, 0.25) is 5.91 Å². The van der Waals surface area contributed by atoms with Gasteiger partial charge in [0.15, 0.2) is 5.82 Å². The van der Waals surface area contributed by atoms with Crippen molar-refractivity contribution in [2.45, 2.75) is 32.7 Å². The van der Waals surface area contributed by atoms with Gasteiger partial charge in [0.1, 0.15) is 5.82 Å². The number of nitrogens with zero attached hydrogens (tertiary/aromatic N) is 3. The number of amides is 1. The van der Waals surface area contributed by atoms with Gasteiger partial charge in [-0.3, -0.25) is 4.79 Å². The molecule has 0 saturated carbocycles. The van der Waals surface area contributed by atoms with Gasteiger partial charge < -0.3 is 15.6 Å². The van der Waals surface area contributed by atoms with Crippen LogP contribution in [0, 0.1) is 6.92 Å². The Bertz CT molecular complexity index is 641. The lowest BCUT2D eigenvalue weighted by molar-refractivity contribution is -0.117. The van der Waals surface area contributed by atoms with Gasteiger partial charge in [0.05, 0.1) is 6.04 Å². The number of hydrogen-bond acceptors (Lipinski definition) is 4. The van der Waals surface area contributed by atoms with Crippen LogP contribution in [0.2, 0.25) is 0 Å². The van der Waals surface area contributed by atoms with Crippen LogP contribution in [-0.4, -0.2) is 26.7 Å². The van der Waals surface area contributed by atoms with E-state index in [2.05, 4.69) is 15.5 Å². The van der Waals surface area contributed by atoms with E-state index >= 15 is 0 Å². The Hall–Kier alpha value is -1.92. The van der Waals surface area contributed by atoms with E-state index in [1.165, 1.54) is 0 Å². The average molecular weight is 324 g/mol. The van der Waals surface area contributed by atoms with E-state index in [0.717, 1.165) is 23.6 Å². The van der Waals surface area contributed by atoms with Gasteiger partial charge in [-0.2, -0.15) is 0 Å². The molecular weight excluding hydrogens is 302 g/mol. The van der Waals surface area contributed by atoms with Gasteiger partial charge in [-0.25, -0.2) is 0 Å². The molecule has 22 heavy (non-hydrogen) atoms. The molecule has 3 N–H and O–H groups in total. The second kappa shape index (κ2) is 7.91. The van der Waals surface area contributed by atoms with Crippen molar-refractivity contribution in [3.63, 3.8) is 0 Å². The van der Waals surface area contributed by atoms with Gasteiger partial charge >= 0.3 is 0 Å². The topological polar surface area (TPSA) is 85.8 Å². The third-order valence-electron chi connectivity index (χ3n) is 3.42. The molecule has 0 bridgehead atoms. The van der Waals surface area contributed by atoms with Crippen LogP contribution in [0.4, 0.5) is 5.69 Å². The Balaban J connectivity index is 0.00000242. The van der Waals surface area contributed by atoms with Crippen LogP contribution in [-0.2, 0) is 11.8 Å². The number of anilines is 1. The fraction of sp³-hybridized carbons (Fsp3) is 0.400. The number of carbonyl (C=O) groups is 1. The van der Waals surface area contributed by atoms with Crippen LogP contribution < -0.4 is 11.1 Å². The molecule has 1 amide bonds. The summed E-state index contributed by atoms with van der Waals surface area (Å²) in [6.45, 7) is 3.90. The average Bonchev–Trinajstić information content (AvgIpc) is 2.79. The van der Waals surface area contributed by atoms with Gasteiger partial charge in [-0.1, -0.05) is 25.5 Å². The van der Waals surface area contributed by atoms with Crippen molar-refractivity contribution in [3.8, 4) is 11.4 Å². The highest BCUT2D eigenvalue weighted by atomic mass is 35.5. The molecule has 1 aromatic carbocycles. The normalized spacial score (nSPS) is 11.6. The Morgan fingerprint density at radius 2 is 2.14 bits per heavy atom. The van der Waals surface area contributed by atoms with Crippen LogP contribution in [0.5, 0.6) is 0 Å². The first-order chi connectivity index (χ1) is 10.0. The minimum Gasteiger partial charge on any atom is -0.325 e. The van der Waals surface area contributed by atoms with Crippen molar-refractivity contribution < 1.29 is 4.79 Å². The minimum absolute atomic E-state index is 0. The van der Waals surface area contributed by atoms with Gasteiger partial charge in [0.25, 0.3) is 0 Å². The lowest BCUT2D eigenvalue weighted by atomic mass is 10.1. The molecule has 1 heterocycles. The smallest absolute Gasteiger partial charge is 0.241 e. The first kappa shape index (κ1) is 18.1. The monoisotopic (exact) mass is 323 g/mol. The molecule has 0 radical (unpaired) electrons. The van der Waals surface area contributed by atoms with Crippen LogP contribution in [0.1, 0.15) is 25.6 Å². The molecule has 1 unspecified atom stereocenters. The van der Waals surface area contributed by atoms with Crippen molar-refractivity contribution >= 4 is 24.0 Å². The first-order valence-electron chi connectivity index (χ1n) is 7.05. The number of aromatic nitrogens is 3. The van der Waals surface area contributed by atoms with Crippen molar-refractivity contribution in [2.75, 3.05) is 5.32 Å². The standard InChI is InChI=1S/C15H21N5O.ClH/c1-4-6-13(16)15(21)17-12-8-5-7-11(9-12)14-19-18-10(2)20(14)3;/h5,7-9,13H,4,6,16H2,1-3H3,(H,17,21);1H. The predicted molar refractivity (Wildman–Crippen MR) is 89.9 cm³/mol. The van der Waals surface area contributed by atoms with E-state index in [1.807, 2.05) is 49.7 Å². The molecule has 2 aromatic rings. The molecule has 0 fully saturated rings. The molecule has 0 aliphatic carbocycles. The van der Waals surface area contributed by atoms with E-state index in [4.69, 9.17) is 5.73 Å². The summed E-state index contributed by atoms with van der Waals surface area (Å²) in [5.74, 6) is 1.44. The maximum absolute atomic E-state index is 12.0. The number of halogens is 1. The number of rotatable bonds is 5. The molecule has 2 rings (SSSR count). The van der Waals surface area contributed by atoms with Crippen molar-refractivity contribution in [3.05, 3.63) is 30.1 Å². The molecule has 1 atom stereocenters. The molecular formula is C15H22ClN5O. The summed E-state index contributed by atoms with van der Waals surface area (Å²) >= 11 is 0. The summed E-state index contributed by atoms with van der Waals surface area (Å²) in [5, 5.41) is 11.0. The van der Waals surface area contributed by atoms with Crippen molar-refractivity contribution in [1.29, 1.82) is 0 Å². The van der Waals surface area contributed by atoms with Crippen LogP contribution in [0.25, 0.3) is 11.4 Å². The van der Waals surface area contributed by atoms with Gasteiger partial charge in [0, 0.05) is 18.3 Å². The Morgan fingerprint density at radius 3 is 2.73 bits per heavy atom. The lowest BCUT2D eigenvalue weighted by Crippen LogP contribution is -2.35. The second-order valence-corrected chi connectivity index (χ2v) is 5.10. The van der Waals surface area contributed by atoms with Crippen LogP contribution >= 0.6 is 12.4 Å². The molecule has 7 heteroatoms. The quantitative estimate of drug-likeness (QED) is 0.884. The van der Waals surface area contributed by atoms with Crippen LogP contribution in [0.3, 0.4) is 0 Å². The van der Waals surface area contributed by atoms with Gasteiger partial charge in [-0.15, -0.1) is 22.6 Å². The van der Waals surface area contributed by atoms with E-state index in [0.29, 0.717) is 12.1 Å². The molecule has 0 saturated heterocycles. The lowest BCUT2D eigenvalue weighted by Gasteiger charge is -2.12. The third kappa shape index (κ3) is 4.05. The van der Waals surface area contributed by atoms with E-state index in [-0.39, 0.29) is 18.3 Å². The molecule has 120 valence electrons. The molecule has 6 nitrogen and oxygen atoms in total. The Labute approximate surface area is 136 Å².